The van der Waals surface area contributed by atoms with Crippen LogP contribution in [0.15, 0.2) is 16.6 Å². The number of aliphatic hydroxyl groups excluding tert-OH is 1. The molecule has 6 heteroatoms. The van der Waals surface area contributed by atoms with Gasteiger partial charge in [0.05, 0.1) is 12.1 Å². The van der Waals surface area contributed by atoms with E-state index in [4.69, 9.17) is 15.2 Å². The van der Waals surface area contributed by atoms with Crippen LogP contribution in [0.25, 0.3) is 0 Å². The smallest absolute Gasteiger partial charge is 0.231 e. The van der Waals surface area contributed by atoms with Gasteiger partial charge in [-0.1, -0.05) is 22.9 Å². The third-order valence-corrected chi connectivity index (χ3v) is 3.37. The van der Waals surface area contributed by atoms with Crippen LogP contribution in [0.3, 0.4) is 0 Å². The van der Waals surface area contributed by atoms with Gasteiger partial charge in [0.2, 0.25) is 6.79 Å². The van der Waals surface area contributed by atoms with E-state index in [1.165, 1.54) is 0 Å². The topological polar surface area (TPSA) is 64.7 Å². The lowest BCUT2D eigenvalue weighted by molar-refractivity contribution is 0.140. The summed E-state index contributed by atoms with van der Waals surface area (Å²) in [5, 5.41) is 9.73. The van der Waals surface area contributed by atoms with Crippen LogP contribution in [0.5, 0.6) is 11.5 Å². The highest BCUT2D eigenvalue weighted by Gasteiger charge is 2.22. The Morgan fingerprint density at radius 1 is 1.41 bits per heavy atom. The van der Waals surface area contributed by atoms with Gasteiger partial charge < -0.3 is 20.3 Å². The average Bonchev–Trinajstić information content (AvgIpc) is 2.72. The molecule has 0 amide bonds. The van der Waals surface area contributed by atoms with Gasteiger partial charge in [0.1, 0.15) is 0 Å². The molecule has 17 heavy (non-hydrogen) atoms. The molecule has 2 rings (SSSR count). The number of benzene rings is 1. The second kappa shape index (κ2) is 5.91. The molecule has 0 saturated heterocycles. The van der Waals surface area contributed by atoms with Crippen LogP contribution in [0.1, 0.15) is 24.9 Å². The third-order valence-electron chi connectivity index (χ3n) is 2.68. The Balaban J connectivity index is 0.00000144. The van der Waals surface area contributed by atoms with Crippen molar-refractivity contribution in [1.82, 2.24) is 0 Å². The molecule has 0 bridgehead atoms. The first-order valence-electron chi connectivity index (χ1n) is 5.16. The molecule has 1 heterocycles. The Morgan fingerprint density at radius 2 is 2.00 bits per heavy atom. The maximum atomic E-state index is 9.73. The minimum atomic E-state index is -0.559. The molecule has 0 radical (unpaired) electrons. The van der Waals surface area contributed by atoms with Gasteiger partial charge in [-0.25, -0.2) is 0 Å². The minimum absolute atomic E-state index is 0. The zero-order chi connectivity index (χ0) is 11.7. The number of hydrogen-bond donors (Lipinski definition) is 2. The van der Waals surface area contributed by atoms with Crippen molar-refractivity contribution in [2.24, 2.45) is 5.73 Å². The second-order valence-electron chi connectivity index (χ2n) is 3.73. The quantitative estimate of drug-likeness (QED) is 0.896. The van der Waals surface area contributed by atoms with Crippen molar-refractivity contribution in [3.8, 4) is 11.5 Å². The molecule has 0 fully saturated rings. The Morgan fingerprint density at radius 3 is 2.59 bits per heavy atom. The molecule has 1 aliphatic heterocycles. The standard InChI is InChI=1S/C11H14BrNO3.ClH/c1-2-8(14)11(13)6-3-9-10(4-7(6)12)16-5-15-9;/h3-4,8,11,14H,2,5,13H2,1H3;1H/t8-,11+;/m0./s1. The minimum Gasteiger partial charge on any atom is -0.454 e. The van der Waals surface area contributed by atoms with E-state index in [2.05, 4.69) is 15.9 Å². The van der Waals surface area contributed by atoms with Crippen LogP contribution in [0.4, 0.5) is 0 Å². The largest absolute Gasteiger partial charge is 0.454 e. The zero-order valence-electron chi connectivity index (χ0n) is 9.35. The molecule has 0 saturated carbocycles. The van der Waals surface area contributed by atoms with E-state index < -0.39 is 12.1 Å². The number of halogens is 2. The van der Waals surface area contributed by atoms with Crippen molar-refractivity contribution in [2.45, 2.75) is 25.5 Å². The van der Waals surface area contributed by atoms with Crippen LogP contribution >= 0.6 is 28.3 Å². The molecule has 1 aromatic carbocycles. The Labute approximate surface area is 115 Å². The molecule has 96 valence electrons. The van der Waals surface area contributed by atoms with E-state index in [1.54, 1.807) is 0 Å². The first kappa shape index (κ1) is 14.6. The number of rotatable bonds is 3. The van der Waals surface area contributed by atoms with Crippen molar-refractivity contribution in [3.63, 3.8) is 0 Å². The van der Waals surface area contributed by atoms with Crippen molar-refractivity contribution >= 4 is 28.3 Å². The van der Waals surface area contributed by atoms with Gasteiger partial charge in [-0.15, -0.1) is 12.4 Å². The maximum absolute atomic E-state index is 9.73. The fraction of sp³-hybridized carbons (Fsp3) is 0.455. The van der Waals surface area contributed by atoms with Crippen molar-refractivity contribution in [2.75, 3.05) is 6.79 Å². The molecular formula is C11H15BrClNO3. The molecule has 0 spiro atoms. The Bertz CT molecular complexity index is 403. The van der Waals surface area contributed by atoms with E-state index in [9.17, 15) is 5.11 Å². The summed E-state index contributed by atoms with van der Waals surface area (Å²) in [7, 11) is 0. The summed E-state index contributed by atoms with van der Waals surface area (Å²) in [6.07, 6.45) is 0.0545. The fourth-order valence-electron chi connectivity index (χ4n) is 1.65. The average molecular weight is 325 g/mol. The highest BCUT2D eigenvalue weighted by Crippen LogP contribution is 2.39. The fourth-order valence-corrected chi connectivity index (χ4v) is 2.24. The number of ether oxygens (including phenoxy) is 2. The predicted octanol–water partition coefficient (Wildman–Crippen LogP) is 2.37. The van der Waals surface area contributed by atoms with Gasteiger partial charge in [0, 0.05) is 4.47 Å². The summed E-state index contributed by atoms with van der Waals surface area (Å²) in [5.74, 6) is 1.38. The first-order chi connectivity index (χ1) is 7.63. The van der Waals surface area contributed by atoms with Crippen LogP contribution < -0.4 is 15.2 Å². The van der Waals surface area contributed by atoms with Crippen LogP contribution in [0.2, 0.25) is 0 Å². The van der Waals surface area contributed by atoms with Gasteiger partial charge in [-0.3, -0.25) is 0 Å². The SMILES string of the molecule is CC[C@H](O)[C@H](N)c1cc2c(cc1Br)OCO2.Cl. The summed E-state index contributed by atoms with van der Waals surface area (Å²) >= 11 is 3.42. The van der Waals surface area contributed by atoms with Crippen LogP contribution in [-0.2, 0) is 0 Å². The normalized spacial score (nSPS) is 16.2. The van der Waals surface area contributed by atoms with E-state index in [-0.39, 0.29) is 19.2 Å². The lowest BCUT2D eigenvalue weighted by atomic mass is 10.0. The summed E-state index contributed by atoms with van der Waals surface area (Å²) in [6.45, 7) is 2.13. The maximum Gasteiger partial charge on any atom is 0.231 e. The van der Waals surface area contributed by atoms with Crippen LogP contribution in [-0.4, -0.2) is 18.0 Å². The predicted molar refractivity (Wildman–Crippen MR) is 70.7 cm³/mol. The summed E-state index contributed by atoms with van der Waals surface area (Å²) < 4.78 is 11.4. The van der Waals surface area contributed by atoms with Gasteiger partial charge in [0.25, 0.3) is 0 Å². The number of aliphatic hydroxyl groups is 1. The molecule has 3 N–H and O–H groups in total. The highest BCUT2D eigenvalue weighted by molar-refractivity contribution is 9.10. The highest BCUT2D eigenvalue weighted by atomic mass is 79.9. The molecular weight excluding hydrogens is 309 g/mol. The number of hydrogen-bond acceptors (Lipinski definition) is 4. The van der Waals surface area contributed by atoms with Crippen LogP contribution in [0, 0.1) is 0 Å². The monoisotopic (exact) mass is 323 g/mol. The molecule has 0 aliphatic carbocycles. The number of nitrogens with two attached hydrogens (primary N) is 1. The molecule has 1 aliphatic rings. The van der Waals surface area contributed by atoms with Crippen molar-refractivity contribution in [3.05, 3.63) is 22.2 Å². The molecule has 1 aromatic rings. The van der Waals surface area contributed by atoms with Gasteiger partial charge >= 0.3 is 0 Å². The summed E-state index contributed by atoms with van der Waals surface area (Å²) in [6, 6.07) is 3.21. The molecule has 4 nitrogen and oxygen atoms in total. The van der Waals surface area contributed by atoms with Crippen molar-refractivity contribution in [1.29, 1.82) is 0 Å². The van der Waals surface area contributed by atoms with E-state index in [1.807, 2.05) is 19.1 Å². The Hall–Kier alpha value is -0.490. The van der Waals surface area contributed by atoms with Crippen molar-refractivity contribution < 1.29 is 14.6 Å². The zero-order valence-corrected chi connectivity index (χ0v) is 11.8. The molecule has 0 aromatic heterocycles. The van der Waals surface area contributed by atoms with Gasteiger partial charge in [-0.2, -0.15) is 0 Å². The van der Waals surface area contributed by atoms with E-state index in [0.29, 0.717) is 17.9 Å². The van der Waals surface area contributed by atoms with E-state index in [0.717, 1.165) is 10.0 Å². The van der Waals surface area contributed by atoms with E-state index >= 15 is 0 Å². The third kappa shape index (κ3) is 2.85. The Kier molecular flexibility index (Phi) is 5.06. The molecule has 0 unspecified atom stereocenters. The lowest BCUT2D eigenvalue weighted by Crippen LogP contribution is -2.25. The number of fused-ring (bicyclic) bond motifs is 1. The second-order valence-corrected chi connectivity index (χ2v) is 4.58. The first-order valence-corrected chi connectivity index (χ1v) is 5.95. The molecule has 2 atom stereocenters. The lowest BCUT2D eigenvalue weighted by Gasteiger charge is -2.19. The summed E-state index contributed by atoms with van der Waals surface area (Å²) in [4.78, 5) is 0. The van der Waals surface area contributed by atoms with Gasteiger partial charge in [0.15, 0.2) is 11.5 Å². The summed E-state index contributed by atoms with van der Waals surface area (Å²) in [5.41, 5.74) is 6.80. The van der Waals surface area contributed by atoms with Gasteiger partial charge in [-0.05, 0) is 24.1 Å².